The lowest BCUT2D eigenvalue weighted by Crippen LogP contribution is -2.16. The first-order valence-electron chi connectivity index (χ1n) is 7.56. The number of benzene rings is 2. The number of amides is 1. The van der Waals surface area contributed by atoms with Gasteiger partial charge in [0.2, 0.25) is 5.91 Å². The number of thioether (sulfide) groups is 1. The lowest BCUT2D eigenvalue weighted by Gasteiger charge is -2.13. The number of sulfonamides is 1. The molecule has 0 spiro atoms. The second-order valence-electron chi connectivity index (χ2n) is 5.37. The molecule has 0 bridgehead atoms. The molecule has 0 radical (unpaired) electrons. The van der Waals surface area contributed by atoms with E-state index >= 15 is 0 Å². The predicted octanol–water partition coefficient (Wildman–Crippen LogP) is 3.96. The number of carbonyl (C=O) groups is 1. The maximum atomic E-state index is 12.6. The Labute approximate surface area is 159 Å². The van der Waals surface area contributed by atoms with Crippen LogP contribution in [-0.4, -0.2) is 20.1 Å². The van der Waals surface area contributed by atoms with Gasteiger partial charge in [0, 0.05) is 16.3 Å². The van der Waals surface area contributed by atoms with Gasteiger partial charge in [0.05, 0.1) is 11.0 Å². The fourth-order valence-electron chi connectivity index (χ4n) is 2.16. The van der Waals surface area contributed by atoms with Crippen LogP contribution in [0.3, 0.4) is 0 Å². The van der Waals surface area contributed by atoms with Crippen LogP contribution in [0.5, 0.6) is 0 Å². The highest BCUT2D eigenvalue weighted by Gasteiger charge is 2.18. The molecule has 0 aliphatic heterocycles. The van der Waals surface area contributed by atoms with Crippen LogP contribution in [0.2, 0.25) is 0 Å². The Balaban J connectivity index is 2.23. The number of nitrogens with zero attached hydrogens (tertiary/aromatic N) is 1. The average molecular weight is 411 g/mol. The SMILES string of the molecule is Cc1ccc(NC(=O)CC#N)cc1S(=O)(=O)Nc1ccc(SC(F)F)cc1. The number of rotatable bonds is 7. The van der Waals surface area contributed by atoms with Crippen molar-refractivity contribution in [1.82, 2.24) is 0 Å². The highest BCUT2D eigenvalue weighted by Crippen LogP contribution is 2.28. The number of alkyl halides is 2. The van der Waals surface area contributed by atoms with E-state index in [4.69, 9.17) is 5.26 Å². The molecule has 27 heavy (non-hydrogen) atoms. The molecule has 0 fully saturated rings. The van der Waals surface area contributed by atoms with Gasteiger partial charge in [-0.3, -0.25) is 9.52 Å². The normalized spacial score (nSPS) is 11.1. The summed E-state index contributed by atoms with van der Waals surface area (Å²) in [5.74, 6) is -3.11. The first-order valence-corrected chi connectivity index (χ1v) is 9.92. The Morgan fingerprint density at radius 2 is 1.81 bits per heavy atom. The van der Waals surface area contributed by atoms with Crippen molar-refractivity contribution < 1.29 is 22.0 Å². The Morgan fingerprint density at radius 1 is 1.19 bits per heavy atom. The molecule has 0 saturated carbocycles. The van der Waals surface area contributed by atoms with Crippen LogP contribution >= 0.6 is 11.8 Å². The number of hydrogen-bond acceptors (Lipinski definition) is 5. The van der Waals surface area contributed by atoms with Gasteiger partial charge in [0.25, 0.3) is 15.8 Å². The summed E-state index contributed by atoms with van der Waals surface area (Å²) in [4.78, 5) is 11.8. The lowest BCUT2D eigenvalue weighted by atomic mass is 10.2. The van der Waals surface area contributed by atoms with Crippen molar-refractivity contribution in [2.45, 2.75) is 28.9 Å². The van der Waals surface area contributed by atoms with E-state index in [2.05, 4.69) is 10.0 Å². The first-order chi connectivity index (χ1) is 12.7. The molecule has 0 aliphatic rings. The van der Waals surface area contributed by atoms with Crippen molar-refractivity contribution in [2.24, 2.45) is 0 Å². The quantitative estimate of drug-likeness (QED) is 0.672. The lowest BCUT2D eigenvalue weighted by molar-refractivity contribution is -0.115. The molecule has 0 heterocycles. The Morgan fingerprint density at radius 3 is 2.41 bits per heavy atom. The highest BCUT2D eigenvalue weighted by atomic mass is 32.2. The van der Waals surface area contributed by atoms with Crippen LogP contribution in [-0.2, 0) is 14.8 Å². The summed E-state index contributed by atoms with van der Waals surface area (Å²) < 4.78 is 52.3. The summed E-state index contributed by atoms with van der Waals surface area (Å²) in [6.45, 7) is 1.60. The third kappa shape index (κ3) is 5.94. The van der Waals surface area contributed by atoms with Crippen LogP contribution in [0.4, 0.5) is 20.2 Å². The van der Waals surface area contributed by atoms with Crippen molar-refractivity contribution in [3.63, 3.8) is 0 Å². The van der Waals surface area contributed by atoms with Gasteiger partial charge < -0.3 is 5.32 Å². The number of hydrogen-bond donors (Lipinski definition) is 2. The molecule has 2 aromatic carbocycles. The summed E-state index contributed by atoms with van der Waals surface area (Å²) in [5, 5.41) is 11.0. The van der Waals surface area contributed by atoms with Crippen LogP contribution in [0.15, 0.2) is 52.3 Å². The van der Waals surface area contributed by atoms with Crippen LogP contribution < -0.4 is 10.0 Å². The monoisotopic (exact) mass is 411 g/mol. The highest BCUT2D eigenvalue weighted by molar-refractivity contribution is 7.99. The molecule has 10 heteroatoms. The zero-order valence-corrected chi connectivity index (χ0v) is 15.7. The number of aryl methyl sites for hydroxylation is 1. The van der Waals surface area contributed by atoms with E-state index in [-0.39, 0.29) is 22.7 Å². The fraction of sp³-hybridized carbons (Fsp3) is 0.176. The molecular formula is C17H15F2N3O3S2. The van der Waals surface area contributed by atoms with Gasteiger partial charge in [-0.1, -0.05) is 17.8 Å². The molecule has 142 valence electrons. The summed E-state index contributed by atoms with van der Waals surface area (Å²) in [6, 6.07) is 11.6. The van der Waals surface area contributed by atoms with Gasteiger partial charge in [-0.05, 0) is 48.9 Å². The second kappa shape index (κ2) is 8.83. The second-order valence-corrected chi connectivity index (χ2v) is 8.09. The third-order valence-corrected chi connectivity index (χ3v) is 5.58. The number of nitriles is 1. The third-order valence-electron chi connectivity index (χ3n) is 3.33. The van der Waals surface area contributed by atoms with E-state index in [1.807, 2.05) is 0 Å². The minimum Gasteiger partial charge on any atom is -0.325 e. The Hall–Kier alpha value is -2.64. The summed E-state index contributed by atoms with van der Waals surface area (Å²) in [6.07, 6.45) is -0.350. The average Bonchev–Trinajstić information content (AvgIpc) is 2.58. The van der Waals surface area contributed by atoms with E-state index in [9.17, 15) is 22.0 Å². The summed E-state index contributed by atoms with van der Waals surface area (Å²) >= 11 is 0.362. The van der Waals surface area contributed by atoms with Gasteiger partial charge in [-0.15, -0.1) is 0 Å². The molecule has 0 unspecified atom stereocenters. The maximum Gasteiger partial charge on any atom is 0.288 e. The van der Waals surface area contributed by atoms with Crippen molar-refractivity contribution in [1.29, 1.82) is 5.26 Å². The molecule has 0 atom stereocenters. The van der Waals surface area contributed by atoms with Crippen molar-refractivity contribution in [3.05, 3.63) is 48.0 Å². The molecule has 0 aromatic heterocycles. The molecule has 0 saturated heterocycles. The van der Waals surface area contributed by atoms with Gasteiger partial charge in [-0.2, -0.15) is 14.0 Å². The van der Waals surface area contributed by atoms with E-state index in [1.54, 1.807) is 13.0 Å². The topological polar surface area (TPSA) is 99.1 Å². The molecule has 1 amide bonds. The van der Waals surface area contributed by atoms with E-state index in [0.29, 0.717) is 22.2 Å². The molecule has 2 N–H and O–H groups in total. The van der Waals surface area contributed by atoms with Gasteiger partial charge >= 0.3 is 0 Å². The van der Waals surface area contributed by atoms with E-state index in [0.717, 1.165) is 0 Å². The van der Waals surface area contributed by atoms with Crippen LogP contribution in [0, 0.1) is 18.3 Å². The van der Waals surface area contributed by atoms with Gasteiger partial charge in [0.15, 0.2) is 0 Å². The standard InChI is InChI=1S/C17H15F2N3O3S2/c1-11-2-3-13(21-16(23)8-9-20)10-15(11)27(24,25)22-12-4-6-14(7-5-12)26-17(18)19/h2-7,10,17,22H,8H2,1H3,(H,21,23). The molecule has 2 rings (SSSR count). The van der Waals surface area contributed by atoms with Crippen molar-refractivity contribution >= 4 is 39.1 Å². The summed E-state index contributed by atoms with van der Waals surface area (Å²) in [5.41, 5.74) is 0.905. The predicted molar refractivity (Wildman–Crippen MR) is 99.2 cm³/mol. The van der Waals surface area contributed by atoms with Crippen molar-refractivity contribution in [2.75, 3.05) is 10.0 Å². The number of nitrogens with one attached hydrogen (secondary N) is 2. The van der Waals surface area contributed by atoms with Crippen LogP contribution in [0.25, 0.3) is 0 Å². The molecule has 0 aliphatic carbocycles. The van der Waals surface area contributed by atoms with E-state index < -0.39 is 21.7 Å². The van der Waals surface area contributed by atoms with Gasteiger partial charge in [0.1, 0.15) is 6.42 Å². The number of halogens is 2. The zero-order valence-electron chi connectivity index (χ0n) is 14.1. The smallest absolute Gasteiger partial charge is 0.288 e. The zero-order chi connectivity index (χ0) is 20.0. The largest absolute Gasteiger partial charge is 0.325 e. The fourth-order valence-corrected chi connectivity index (χ4v) is 3.99. The van der Waals surface area contributed by atoms with Crippen LogP contribution in [0.1, 0.15) is 12.0 Å². The maximum absolute atomic E-state index is 12.6. The van der Waals surface area contributed by atoms with Gasteiger partial charge in [-0.25, -0.2) is 8.42 Å². The van der Waals surface area contributed by atoms with E-state index in [1.165, 1.54) is 42.5 Å². The Bertz CT molecular complexity index is 972. The molecule has 2 aromatic rings. The Kier molecular flexibility index (Phi) is 6.76. The molecule has 6 nitrogen and oxygen atoms in total. The number of carbonyl (C=O) groups excluding carboxylic acids is 1. The minimum atomic E-state index is -3.97. The summed E-state index contributed by atoms with van der Waals surface area (Å²) in [7, 11) is -3.97. The molecular weight excluding hydrogens is 396 g/mol. The number of anilines is 2. The van der Waals surface area contributed by atoms with Crippen molar-refractivity contribution in [3.8, 4) is 6.07 Å². The minimum absolute atomic E-state index is 0.0525. The first kappa shape index (κ1) is 20.7.